The Kier molecular flexibility index (Phi) is 8.58. The number of hydrogen-bond acceptors (Lipinski definition) is 6. The van der Waals surface area contributed by atoms with E-state index in [4.69, 9.17) is 15.0 Å². The average Bonchev–Trinajstić information content (AvgIpc) is 2.34. The SMILES string of the molecule is C=C(C)C(=O)OCCN(CCCCOS(=O)(=O)O)C(N)=O. The minimum Gasteiger partial charge on any atom is -0.460 e. The van der Waals surface area contributed by atoms with Crippen LogP contribution in [0.25, 0.3) is 0 Å². The zero-order valence-corrected chi connectivity index (χ0v) is 12.6. The highest BCUT2D eigenvalue weighted by molar-refractivity contribution is 7.80. The molecule has 0 saturated heterocycles. The summed E-state index contributed by atoms with van der Waals surface area (Å²) in [4.78, 5) is 23.5. The highest BCUT2D eigenvalue weighted by Gasteiger charge is 2.11. The molecule has 122 valence electrons. The number of esters is 1. The largest absolute Gasteiger partial charge is 0.460 e. The molecule has 2 amide bonds. The van der Waals surface area contributed by atoms with Crippen LogP contribution in [0.1, 0.15) is 19.8 Å². The molecule has 0 bridgehead atoms. The molecule has 0 aromatic carbocycles. The van der Waals surface area contributed by atoms with E-state index in [9.17, 15) is 18.0 Å². The molecule has 10 heteroatoms. The maximum absolute atomic E-state index is 11.2. The molecule has 0 atom stereocenters. The number of ether oxygens (including phenoxy) is 1. The van der Waals surface area contributed by atoms with Crippen LogP contribution in [0.2, 0.25) is 0 Å². The maximum atomic E-state index is 11.2. The van der Waals surface area contributed by atoms with Gasteiger partial charge in [0.15, 0.2) is 0 Å². The van der Waals surface area contributed by atoms with Crippen LogP contribution in [0.5, 0.6) is 0 Å². The first-order valence-corrected chi connectivity index (χ1v) is 7.49. The van der Waals surface area contributed by atoms with Gasteiger partial charge in [-0.15, -0.1) is 0 Å². The molecule has 0 rings (SSSR count). The molecule has 9 nitrogen and oxygen atoms in total. The summed E-state index contributed by atoms with van der Waals surface area (Å²) in [6.07, 6.45) is 0.710. The van der Waals surface area contributed by atoms with Gasteiger partial charge in [-0.1, -0.05) is 6.58 Å². The number of carbonyl (C=O) groups excluding carboxylic acids is 2. The molecule has 0 spiro atoms. The summed E-state index contributed by atoms with van der Waals surface area (Å²) in [5.74, 6) is -0.555. The molecule has 0 aromatic heterocycles. The molecule has 0 unspecified atom stereocenters. The van der Waals surface area contributed by atoms with Crippen LogP contribution >= 0.6 is 0 Å². The van der Waals surface area contributed by atoms with E-state index in [0.717, 1.165) is 0 Å². The lowest BCUT2D eigenvalue weighted by Crippen LogP contribution is -2.39. The molecule has 0 aliphatic rings. The van der Waals surface area contributed by atoms with Gasteiger partial charge in [0, 0.05) is 12.1 Å². The molecular weight excluding hydrogens is 304 g/mol. The summed E-state index contributed by atoms with van der Waals surface area (Å²) in [5.41, 5.74) is 5.41. The second kappa shape index (κ2) is 9.32. The highest BCUT2D eigenvalue weighted by Crippen LogP contribution is 1.99. The van der Waals surface area contributed by atoms with Gasteiger partial charge >= 0.3 is 22.4 Å². The number of hydrogen-bond donors (Lipinski definition) is 2. The van der Waals surface area contributed by atoms with Crippen LogP contribution < -0.4 is 5.73 Å². The number of amides is 2. The summed E-state index contributed by atoms with van der Waals surface area (Å²) < 4.78 is 37.9. The molecule has 0 radical (unpaired) electrons. The van der Waals surface area contributed by atoms with E-state index < -0.39 is 22.4 Å². The van der Waals surface area contributed by atoms with Crippen molar-refractivity contribution in [2.24, 2.45) is 5.73 Å². The Labute approximate surface area is 123 Å². The summed E-state index contributed by atoms with van der Waals surface area (Å²) in [6.45, 7) is 5.07. The Bertz CT molecular complexity index is 475. The van der Waals surface area contributed by atoms with Gasteiger partial charge in [-0.3, -0.25) is 4.55 Å². The molecular formula is C11H20N2O7S. The molecule has 0 aliphatic carbocycles. The van der Waals surface area contributed by atoms with Crippen LogP contribution in [0.15, 0.2) is 12.2 Å². The van der Waals surface area contributed by atoms with E-state index in [-0.39, 0.29) is 31.9 Å². The number of primary amides is 1. The minimum atomic E-state index is -4.44. The van der Waals surface area contributed by atoms with Crippen LogP contribution in [0.4, 0.5) is 4.79 Å². The van der Waals surface area contributed by atoms with Crippen molar-refractivity contribution in [2.75, 3.05) is 26.3 Å². The first kappa shape index (κ1) is 19.4. The molecule has 0 heterocycles. The molecule has 3 N–H and O–H groups in total. The van der Waals surface area contributed by atoms with Gasteiger partial charge in [0.25, 0.3) is 0 Å². The second-order valence-corrected chi connectivity index (χ2v) is 5.29. The monoisotopic (exact) mass is 324 g/mol. The number of nitrogens with two attached hydrogens (primary N) is 1. The van der Waals surface area contributed by atoms with Gasteiger partial charge in [0.05, 0.1) is 13.2 Å². The number of nitrogens with zero attached hydrogens (tertiary/aromatic N) is 1. The first-order valence-electron chi connectivity index (χ1n) is 6.12. The quantitative estimate of drug-likeness (QED) is 0.251. The van der Waals surface area contributed by atoms with Crippen LogP contribution in [-0.4, -0.2) is 56.2 Å². The van der Waals surface area contributed by atoms with E-state index in [0.29, 0.717) is 12.8 Å². The predicted octanol–water partition coefficient (Wildman–Crippen LogP) is 0.0860. The van der Waals surface area contributed by atoms with Crippen molar-refractivity contribution in [1.82, 2.24) is 4.90 Å². The topological polar surface area (TPSA) is 136 Å². The standard InChI is InChI=1S/C11H20N2O7S/c1-9(2)10(14)19-8-6-13(11(12)15)5-3-4-7-20-21(16,17)18/h1,3-8H2,2H3,(H2,12,15)(H,16,17,18). The van der Waals surface area contributed by atoms with Crippen LogP contribution in [0.3, 0.4) is 0 Å². The van der Waals surface area contributed by atoms with Crippen molar-refractivity contribution < 1.29 is 31.5 Å². The fraction of sp³-hybridized carbons (Fsp3) is 0.636. The van der Waals surface area contributed by atoms with Crippen molar-refractivity contribution in [1.29, 1.82) is 0 Å². The maximum Gasteiger partial charge on any atom is 0.397 e. The van der Waals surface area contributed by atoms with Gasteiger partial charge < -0.3 is 15.4 Å². The van der Waals surface area contributed by atoms with Crippen LogP contribution in [0, 0.1) is 0 Å². The number of carbonyl (C=O) groups is 2. The van der Waals surface area contributed by atoms with Crippen LogP contribution in [-0.2, 0) is 24.1 Å². The zero-order chi connectivity index (χ0) is 16.5. The Morgan fingerprint density at radius 2 is 1.86 bits per heavy atom. The third kappa shape index (κ3) is 10.8. The van der Waals surface area contributed by atoms with E-state index in [1.54, 1.807) is 0 Å². The van der Waals surface area contributed by atoms with E-state index in [2.05, 4.69) is 10.8 Å². The molecule has 0 fully saturated rings. The van der Waals surface area contributed by atoms with Gasteiger partial charge in [0.1, 0.15) is 6.61 Å². The van der Waals surface area contributed by atoms with Gasteiger partial charge in [-0.05, 0) is 19.8 Å². The smallest absolute Gasteiger partial charge is 0.397 e. The Morgan fingerprint density at radius 3 is 2.33 bits per heavy atom. The number of unbranched alkanes of at least 4 members (excludes halogenated alkanes) is 1. The van der Waals surface area contributed by atoms with E-state index in [1.807, 2.05) is 0 Å². The Hall–Kier alpha value is -1.65. The van der Waals surface area contributed by atoms with Crippen molar-refractivity contribution in [2.45, 2.75) is 19.8 Å². The third-order valence-electron chi connectivity index (χ3n) is 2.31. The lowest BCUT2D eigenvalue weighted by Gasteiger charge is -2.20. The summed E-state index contributed by atoms with van der Waals surface area (Å²) in [6, 6.07) is -0.683. The molecule has 0 saturated carbocycles. The van der Waals surface area contributed by atoms with Crippen molar-refractivity contribution in [3.8, 4) is 0 Å². The second-order valence-electron chi connectivity index (χ2n) is 4.20. The summed E-state index contributed by atoms with van der Waals surface area (Å²) in [7, 11) is -4.44. The van der Waals surface area contributed by atoms with Crippen molar-refractivity contribution in [3.63, 3.8) is 0 Å². The third-order valence-corrected chi connectivity index (χ3v) is 2.77. The minimum absolute atomic E-state index is 0.0177. The zero-order valence-electron chi connectivity index (χ0n) is 11.8. The summed E-state index contributed by atoms with van der Waals surface area (Å²) in [5, 5.41) is 0. The lowest BCUT2D eigenvalue weighted by molar-refractivity contribution is -0.139. The van der Waals surface area contributed by atoms with Gasteiger partial charge in [-0.25, -0.2) is 13.8 Å². The fourth-order valence-corrected chi connectivity index (χ4v) is 1.60. The summed E-state index contributed by atoms with van der Waals surface area (Å²) >= 11 is 0. The van der Waals surface area contributed by atoms with E-state index in [1.165, 1.54) is 11.8 Å². The highest BCUT2D eigenvalue weighted by atomic mass is 32.3. The number of urea groups is 1. The average molecular weight is 324 g/mol. The fourth-order valence-electron chi connectivity index (χ4n) is 1.27. The lowest BCUT2D eigenvalue weighted by atomic mass is 10.3. The molecule has 0 aliphatic heterocycles. The van der Waals surface area contributed by atoms with Crippen molar-refractivity contribution >= 4 is 22.4 Å². The van der Waals surface area contributed by atoms with Crippen molar-refractivity contribution in [3.05, 3.63) is 12.2 Å². The molecule has 21 heavy (non-hydrogen) atoms. The predicted molar refractivity (Wildman–Crippen MR) is 73.7 cm³/mol. The first-order chi connectivity index (χ1) is 9.63. The van der Waals surface area contributed by atoms with Gasteiger partial charge in [-0.2, -0.15) is 8.42 Å². The Balaban J connectivity index is 3.96. The van der Waals surface area contributed by atoms with E-state index >= 15 is 0 Å². The normalized spacial score (nSPS) is 11.0. The number of rotatable bonds is 10. The van der Waals surface area contributed by atoms with Gasteiger partial charge in [0.2, 0.25) is 0 Å². The molecule has 0 aromatic rings. The Morgan fingerprint density at radius 1 is 1.24 bits per heavy atom.